The summed E-state index contributed by atoms with van der Waals surface area (Å²) in [5, 5.41) is 9.64. The van der Waals surface area contributed by atoms with E-state index in [1.807, 2.05) is 20.8 Å². The summed E-state index contributed by atoms with van der Waals surface area (Å²) >= 11 is 5.88. The van der Waals surface area contributed by atoms with Crippen LogP contribution >= 0.6 is 11.6 Å². The maximum absolute atomic E-state index is 12.0. The molecule has 1 heterocycles. The largest absolute Gasteiger partial charge is 0.492 e. The SMILES string of the molecule is CC(C)(C)OC(=O)N1CCC(COc2ccc(Cl)cc2C#N)CC1. The van der Waals surface area contributed by atoms with Crippen molar-refractivity contribution < 1.29 is 14.3 Å². The van der Waals surface area contributed by atoms with Crippen molar-refractivity contribution in [2.45, 2.75) is 39.2 Å². The van der Waals surface area contributed by atoms with Crippen LogP contribution in [0.2, 0.25) is 5.02 Å². The smallest absolute Gasteiger partial charge is 0.410 e. The predicted octanol–water partition coefficient (Wildman–Crippen LogP) is 4.24. The molecule has 1 saturated heterocycles. The maximum Gasteiger partial charge on any atom is 0.410 e. The van der Waals surface area contributed by atoms with Gasteiger partial charge in [-0.3, -0.25) is 0 Å². The molecule has 24 heavy (non-hydrogen) atoms. The van der Waals surface area contributed by atoms with Gasteiger partial charge in [-0.1, -0.05) is 11.6 Å². The van der Waals surface area contributed by atoms with Crippen LogP contribution in [-0.2, 0) is 4.74 Å². The lowest BCUT2D eigenvalue weighted by Gasteiger charge is -2.33. The average Bonchev–Trinajstić information content (AvgIpc) is 2.52. The Bertz CT molecular complexity index is 626. The highest BCUT2D eigenvalue weighted by Gasteiger charge is 2.27. The van der Waals surface area contributed by atoms with Gasteiger partial charge in [0.2, 0.25) is 0 Å². The highest BCUT2D eigenvalue weighted by atomic mass is 35.5. The van der Waals surface area contributed by atoms with Crippen LogP contribution in [0.1, 0.15) is 39.2 Å². The second kappa shape index (κ2) is 7.76. The summed E-state index contributed by atoms with van der Waals surface area (Å²) in [6, 6.07) is 7.12. The fourth-order valence-electron chi connectivity index (χ4n) is 2.53. The van der Waals surface area contributed by atoms with Crippen molar-refractivity contribution in [1.82, 2.24) is 4.90 Å². The summed E-state index contributed by atoms with van der Waals surface area (Å²) in [5.74, 6) is 0.905. The van der Waals surface area contributed by atoms with Gasteiger partial charge in [0.25, 0.3) is 0 Å². The number of benzene rings is 1. The molecule has 0 aliphatic carbocycles. The Hall–Kier alpha value is -1.93. The topological polar surface area (TPSA) is 62.6 Å². The van der Waals surface area contributed by atoms with Crippen molar-refractivity contribution in [2.75, 3.05) is 19.7 Å². The third-order valence-corrected chi connectivity index (χ3v) is 4.04. The van der Waals surface area contributed by atoms with Gasteiger partial charge in [-0.05, 0) is 57.7 Å². The Kier molecular flexibility index (Phi) is 5.95. The summed E-state index contributed by atoms with van der Waals surface area (Å²) < 4.78 is 11.2. The number of piperidine rings is 1. The molecule has 0 atom stereocenters. The number of carbonyl (C=O) groups is 1. The van der Waals surface area contributed by atoms with Gasteiger partial charge in [-0.25, -0.2) is 4.79 Å². The number of ether oxygens (including phenoxy) is 2. The highest BCUT2D eigenvalue weighted by molar-refractivity contribution is 6.30. The maximum atomic E-state index is 12.0. The molecule has 2 rings (SSSR count). The van der Waals surface area contributed by atoms with Crippen LogP contribution in [-0.4, -0.2) is 36.3 Å². The molecule has 1 amide bonds. The third-order valence-electron chi connectivity index (χ3n) is 3.80. The summed E-state index contributed by atoms with van der Waals surface area (Å²) in [7, 11) is 0. The first-order valence-electron chi connectivity index (χ1n) is 8.09. The van der Waals surface area contributed by atoms with E-state index in [0.717, 1.165) is 12.8 Å². The number of halogens is 1. The van der Waals surface area contributed by atoms with Crippen LogP contribution in [0.4, 0.5) is 4.79 Å². The van der Waals surface area contributed by atoms with Gasteiger partial charge in [0.15, 0.2) is 0 Å². The van der Waals surface area contributed by atoms with Gasteiger partial charge in [0.1, 0.15) is 17.4 Å². The normalized spacial score (nSPS) is 15.7. The first-order valence-corrected chi connectivity index (χ1v) is 8.46. The minimum absolute atomic E-state index is 0.258. The molecule has 0 spiro atoms. The highest BCUT2D eigenvalue weighted by Crippen LogP contribution is 2.25. The van der Waals surface area contributed by atoms with Crippen LogP contribution in [0.25, 0.3) is 0 Å². The van der Waals surface area contributed by atoms with Gasteiger partial charge < -0.3 is 14.4 Å². The molecule has 6 heteroatoms. The Labute approximate surface area is 148 Å². The average molecular weight is 351 g/mol. The molecule has 1 aromatic rings. The number of rotatable bonds is 3. The molecule has 0 unspecified atom stereocenters. The summed E-state index contributed by atoms with van der Waals surface area (Å²) in [6.07, 6.45) is 1.45. The molecule has 1 fully saturated rings. The van der Waals surface area contributed by atoms with Gasteiger partial charge in [0.05, 0.1) is 12.2 Å². The number of carbonyl (C=O) groups excluding carboxylic acids is 1. The zero-order valence-corrected chi connectivity index (χ0v) is 15.1. The van der Waals surface area contributed by atoms with Crippen LogP contribution < -0.4 is 4.74 Å². The third kappa shape index (κ3) is 5.31. The molecule has 0 saturated carbocycles. The molecule has 1 aromatic carbocycles. The molecule has 1 aliphatic heterocycles. The van der Waals surface area contributed by atoms with Crippen molar-refractivity contribution in [2.24, 2.45) is 5.92 Å². The van der Waals surface area contributed by atoms with E-state index >= 15 is 0 Å². The molecule has 130 valence electrons. The molecule has 0 N–H and O–H groups in total. The fraction of sp³-hybridized carbons (Fsp3) is 0.556. The minimum Gasteiger partial charge on any atom is -0.492 e. The Morgan fingerprint density at radius 1 is 1.38 bits per heavy atom. The Morgan fingerprint density at radius 3 is 2.62 bits per heavy atom. The van der Waals surface area contributed by atoms with Gasteiger partial charge in [0, 0.05) is 18.1 Å². The van der Waals surface area contributed by atoms with Gasteiger partial charge in [-0.15, -0.1) is 0 Å². The monoisotopic (exact) mass is 350 g/mol. The van der Waals surface area contributed by atoms with Crippen LogP contribution in [0.15, 0.2) is 18.2 Å². The summed E-state index contributed by atoms with van der Waals surface area (Å²) in [5.41, 5.74) is -0.0343. The second-order valence-electron chi connectivity index (χ2n) is 6.97. The number of nitriles is 1. The van der Waals surface area contributed by atoms with Crippen LogP contribution in [0, 0.1) is 17.2 Å². The molecule has 0 bridgehead atoms. The van der Waals surface area contributed by atoms with E-state index in [9.17, 15) is 4.79 Å². The summed E-state index contributed by atoms with van der Waals surface area (Å²) in [4.78, 5) is 13.8. The predicted molar refractivity (Wildman–Crippen MR) is 92.2 cm³/mol. The van der Waals surface area contributed by atoms with Gasteiger partial charge >= 0.3 is 6.09 Å². The zero-order chi connectivity index (χ0) is 17.7. The van der Waals surface area contributed by atoms with E-state index < -0.39 is 5.60 Å². The second-order valence-corrected chi connectivity index (χ2v) is 7.41. The number of likely N-dealkylation sites (tertiary alicyclic amines) is 1. The lowest BCUT2D eigenvalue weighted by atomic mass is 9.98. The van der Waals surface area contributed by atoms with E-state index in [4.69, 9.17) is 26.3 Å². The van der Waals surface area contributed by atoms with Crippen molar-refractivity contribution in [3.63, 3.8) is 0 Å². The summed E-state index contributed by atoms with van der Waals surface area (Å²) in [6.45, 7) is 7.45. The van der Waals surface area contributed by atoms with E-state index in [1.165, 1.54) is 0 Å². The van der Waals surface area contributed by atoms with Crippen molar-refractivity contribution in [3.8, 4) is 11.8 Å². The van der Waals surface area contributed by atoms with E-state index in [1.54, 1.807) is 23.1 Å². The lowest BCUT2D eigenvalue weighted by Crippen LogP contribution is -2.42. The lowest BCUT2D eigenvalue weighted by molar-refractivity contribution is 0.0165. The number of amides is 1. The standard InChI is InChI=1S/C18H23ClN2O3/c1-18(2,3)24-17(22)21-8-6-13(7-9-21)12-23-16-5-4-15(19)10-14(16)11-20/h4-5,10,13H,6-9,12H2,1-3H3. The van der Waals surface area contributed by atoms with E-state index in [0.29, 0.717) is 41.9 Å². The molecule has 1 aliphatic rings. The van der Waals surface area contributed by atoms with E-state index in [2.05, 4.69) is 6.07 Å². The first-order chi connectivity index (χ1) is 11.3. The number of hydrogen-bond acceptors (Lipinski definition) is 4. The van der Waals surface area contributed by atoms with Crippen molar-refractivity contribution in [3.05, 3.63) is 28.8 Å². The Balaban J connectivity index is 1.82. The van der Waals surface area contributed by atoms with Crippen molar-refractivity contribution in [1.29, 1.82) is 5.26 Å². The van der Waals surface area contributed by atoms with Crippen molar-refractivity contribution >= 4 is 17.7 Å². The molecule has 0 aromatic heterocycles. The van der Waals surface area contributed by atoms with Gasteiger partial charge in [-0.2, -0.15) is 5.26 Å². The minimum atomic E-state index is -0.473. The quantitative estimate of drug-likeness (QED) is 0.818. The molecule has 0 radical (unpaired) electrons. The first kappa shape index (κ1) is 18.4. The fourth-order valence-corrected chi connectivity index (χ4v) is 2.70. The molecule has 5 nitrogen and oxygen atoms in total. The zero-order valence-electron chi connectivity index (χ0n) is 14.3. The van der Waals surface area contributed by atoms with Crippen LogP contribution in [0.5, 0.6) is 5.75 Å². The Morgan fingerprint density at radius 2 is 2.04 bits per heavy atom. The van der Waals surface area contributed by atoms with Crippen LogP contribution in [0.3, 0.4) is 0 Å². The molecular weight excluding hydrogens is 328 g/mol. The van der Waals surface area contributed by atoms with E-state index in [-0.39, 0.29) is 6.09 Å². The molecular formula is C18H23ClN2O3. The number of hydrogen-bond donors (Lipinski definition) is 0. The number of nitrogens with zero attached hydrogens (tertiary/aromatic N) is 2.